The molecule has 0 fully saturated rings. The van der Waals surface area contributed by atoms with Crippen LogP contribution in [0.3, 0.4) is 0 Å². The number of hydrogen-bond donors (Lipinski definition) is 2. The summed E-state index contributed by atoms with van der Waals surface area (Å²) in [5.41, 5.74) is 3.76. The van der Waals surface area contributed by atoms with Crippen molar-refractivity contribution in [3.8, 4) is 5.75 Å². The number of ether oxygens (including phenoxy) is 1. The molecule has 0 heterocycles. The smallest absolute Gasteiger partial charge is 0.319 e. The minimum atomic E-state index is -0.919. The second-order valence-electron chi connectivity index (χ2n) is 5.85. The van der Waals surface area contributed by atoms with Gasteiger partial charge in [0.1, 0.15) is 12.4 Å². The third kappa shape index (κ3) is 6.23. The summed E-state index contributed by atoms with van der Waals surface area (Å²) in [6.45, 7) is 4.71. The second kappa shape index (κ2) is 9.22. The molecule has 0 saturated carbocycles. The Morgan fingerprint density at radius 2 is 1.92 bits per heavy atom. The fourth-order valence-electron chi connectivity index (χ4n) is 2.40. The van der Waals surface area contributed by atoms with Crippen LogP contribution < -0.4 is 15.4 Å². The Hall–Kier alpha value is -2.34. The van der Waals surface area contributed by atoms with Crippen LogP contribution in [0.4, 0.5) is 10.5 Å². The number of hydrogen-bond acceptors (Lipinski definition) is 3. The Labute approximate surface area is 151 Å². The van der Waals surface area contributed by atoms with E-state index < -0.39 is 10.8 Å². The number of benzene rings is 2. The molecule has 2 rings (SSSR count). The van der Waals surface area contributed by atoms with Crippen LogP contribution in [0.5, 0.6) is 5.75 Å². The van der Waals surface area contributed by atoms with Crippen LogP contribution in [0.25, 0.3) is 0 Å². The molecule has 6 heteroatoms. The van der Waals surface area contributed by atoms with E-state index in [1.807, 2.05) is 56.3 Å². The van der Waals surface area contributed by atoms with Crippen molar-refractivity contribution >= 4 is 22.5 Å². The van der Waals surface area contributed by atoms with Gasteiger partial charge in [-0.1, -0.05) is 24.3 Å². The number of rotatable bonds is 7. The first-order chi connectivity index (χ1) is 12.0. The molecule has 0 saturated heterocycles. The van der Waals surface area contributed by atoms with Crippen molar-refractivity contribution in [1.82, 2.24) is 5.32 Å². The summed E-state index contributed by atoms with van der Waals surface area (Å²) in [6, 6.07) is 13.1. The number of anilines is 1. The fourth-order valence-corrected chi connectivity index (χ4v) is 3.15. The molecular formula is C19H24N2O3S. The van der Waals surface area contributed by atoms with Crippen molar-refractivity contribution in [3.63, 3.8) is 0 Å². The summed E-state index contributed by atoms with van der Waals surface area (Å²) in [6.07, 6.45) is 1.67. The molecule has 1 atom stereocenters. The summed E-state index contributed by atoms with van der Waals surface area (Å²) in [7, 11) is -0.919. The zero-order valence-corrected chi connectivity index (χ0v) is 15.6. The molecule has 5 nitrogen and oxygen atoms in total. The lowest BCUT2D eigenvalue weighted by molar-refractivity contribution is 0.247. The average molecular weight is 360 g/mol. The van der Waals surface area contributed by atoms with Gasteiger partial charge in [0.15, 0.2) is 0 Å². The Morgan fingerprint density at radius 1 is 1.16 bits per heavy atom. The van der Waals surface area contributed by atoms with Crippen molar-refractivity contribution in [2.75, 3.05) is 24.7 Å². The third-order valence-corrected chi connectivity index (χ3v) is 4.42. The molecule has 2 amide bonds. The van der Waals surface area contributed by atoms with E-state index in [2.05, 4.69) is 10.6 Å². The predicted octanol–water partition coefficient (Wildman–Crippen LogP) is 3.38. The zero-order chi connectivity index (χ0) is 18.2. The molecule has 0 aliphatic carbocycles. The van der Waals surface area contributed by atoms with Crippen molar-refractivity contribution in [2.45, 2.75) is 19.6 Å². The topological polar surface area (TPSA) is 67.4 Å². The van der Waals surface area contributed by atoms with E-state index >= 15 is 0 Å². The number of carbonyl (C=O) groups excluding carboxylic acids is 1. The molecule has 0 spiro atoms. The van der Waals surface area contributed by atoms with E-state index in [9.17, 15) is 9.00 Å². The van der Waals surface area contributed by atoms with Gasteiger partial charge in [-0.3, -0.25) is 4.21 Å². The number of aryl methyl sites for hydroxylation is 1. The molecule has 0 aromatic heterocycles. The summed E-state index contributed by atoms with van der Waals surface area (Å²) < 4.78 is 17.0. The third-order valence-electron chi connectivity index (χ3n) is 3.70. The van der Waals surface area contributed by atoms with E-state index in [1.165, 1.54) is 0 Å². The first-order valence-corrected chi connectivity index (χ1v) is 9.81. The summed E-state index contributed by atoms with van der Waals surface area (Å²) in [5.74, 6) is 1.27. The maximum absolute atomic E-state index is 12.0. The molecule has 25 heavy (non-hydrogen) atoms. The van der Waals surface area contributed by atoms with Crippen molar-refractivity contribution in [1.29, 1.82) is 0 Å². The van der Waals surface area contributed by atoms with E-state index in [0.717, 1.165) is 28.1 Å². The molecule has 2 aromatic rings. The van der Waals surface area contributed by atoms with Crippen LogP contribution in [-0.2, 0) is 16.6 Å². The van der Waals surface area contributed by atoms with Gasteiger partial charge in [-0.15, -0.1) is 0 Å². The van der Waals surface area contributed by atoms with Gasteiger partial charge in [0, 0.05) is 28.5 Å². The van der Waals surface area contributed by atoms with Crippen molar-refractivity contribution < 1.29 is 13.7 Å². The summed E-state index contributed by atoms with van der Waals surface area (Å²) >= 11 is 0. The van der Waals surface area contributed by atoms with E-state index in [1.54, 1.807) is 6.26 Å². The quantitative estimate of drug-likeness (QED) is 0.744. The Kier molecular flexibility index (Phi) is 7.01. The molecule has 0 radical (unpaired) electrons. The maximum atomic E-state index is 12.0. The van der Waals surface area contributed by atoms with Gasteiger partial charge in [-0.05, 0) is 48.7 Å². The highest BCUT2D eigenvalue weighted by Crippen LogP contribution is 2.20. The van der Waals surface area contributed by atoms with E-state index in [0.29, 0.717) is 18.9 Å². The van der Waals surface area contributed by atoms with Crippen LogP contribution in [0.15, 0.2) is 42.5 Å². The van der Waals surface area contributed by atoms with Gasteiger partial charge in [0.2, 0.25) is 0 Å². The van der Waals surface area contributed by atoms with E-state index in [4.69, 9.17) is 4.74 Å². The lowest BCUT2D eigenvalue weighted by Gasteiger charge is -2.13. The zero-order valence-electron chi connectivity index (χ0n) is 14.8. The number of carbonyl (C=O) groups is 1. The largest absolute Gasteiger partial charge is 0.492 e. The Morgan fingerprint density at radius 3 is 2.64 bits per heavy atom. The standard InChI is InChI=1S/C19H24N2O3S/c1-14-6-4-8-17(12-14)24-11-10-20-19(22)21-18-9-5-7-16(15(18)2)13-25(3)23/h4-9,12H,10-11,13H2,1-3H3,(H2,20,21,22). The molecular weight excluding hydrogens is 336 g/mol. The molecule has 1 unspecified atom stereocenters. The van der Waals surface area contributed by atoms with Gasteiger partial charge in [-0.2, -0.15) is 0 Å². The molecule has 0 aliphatic heterocycles. The van der Waals surface area contributed by atoms with Gasteiger partial charge in [0.05, 0.1) is 6.54 Å². The number of amides is 2. The van der Waals surface area contributed by atoms with Gasteiger partial charge in [0.25, 0.3) is 0 Å². The Bertz CT molecular complexity index is 762. The van der Waals surface area contributed by atoms with E-state index in [-0.39, 0.29) is 6.03 Å². The van der Waals surface area contributed by atoms with Crippen molar-refractivity contribution in [2.24, 2.45) is 0 Å². The fraction of sp³-hybridized carbons (Fsp3) is 0.316. The minimum Gasteiger partial charge on any atom is -0.492 e. The van der Waals surface area contributed by atoms with Crippen LogP contribution in [0.1, 0.15) is 16.7 Å². The summed E-state index contributed by atoms with van der Waals surface area (Å²) in [4.78, 5) is 12.0. The highest BCUT2D eigenvalue weighted by molar-refractivity contribution is 7.83. The molecule has 2 N–H and O–H groups in total. The van der Waals surface area contributed by atoms with Crippen LogP contribution in [-0.4, -0.2) is 29.6 Å². The average Bonchev–Trinajstić information content (AvgIpc) is 2.55. The monoisotopic (exact) mass is 360 g/mol. The second-order valence-corrected chi connectivity index (χ2v) is 7.29. The van der Waals surface area contributed by atoms with Crippen LogP contribution in [0, 0.1) is 13.8 Å². The van der Waals surface area contributed by atoms with Gasteiger partial charge in [-0.25, -0.2) is 4.79 Å². The van der Waals surface area contributed by atoms with Crippen LogP contribution >= 0.6 is 0 Å². The van der Waals surface area contributed by atoms with Gasteiger partial charge < -0.3 is 15.4 Å². The molecule has 2 aromatic carbocycles. The lowest BCUT2D eigenvalue weighted by atomic mass is 10.1. The maximum Gasteiger partial charge on any atom is 0.319 e. The van der Waals surface area contributed by atoms with Gasteiger partial charge >= 0.3 is 6.03 Å². The molecule has 0 aliphatic rings. The first-order valence-electron chi connectivity index (χ1n) is 8.08. The SMILES string of the molecule is Cc1cccc(OCCNC(=O)Nc2cccc(CS(C)=O)c2C)c1. The first kappa shape index (κ1) is 19.0. The lowest BCUT2D eigenvalue weighted by Crippen LogP contribution is -2.32. The minimum absolute atomic E-state index is 0.286. The number of nitrogens with one attached hydrogen (secondary N) is 2. The highest BCUT2D eigenvalue weighted by atomic mass is 32.2. The molecule has 0 bridgehead atoms. The van der Waals surface area contributed by atoms with Crippen LogP contribution in [0.2, 0.25) is 0 Å². The highest BCUT2D eigenvalue weighted by Gasteiger charge is 2.08. The normalized spacial score (nSPS) is 11.6. The molecule has 134 valence electrons. The van der Waals surface area contributed by atoms with Crippen molar-refractivity contribution in [3.05, 3.63) is 59.2 Å². The predicted molar refractivity (Wildman–Crippen MR) is 103 cm³/mol. The number of urea groups is 1. The summed E-state index contributed by atoms with van der Waals surface area (Å²) in [5, 5.41) is 5.60. The Balaban J connectivity index is 1.81.